The summed E-state index contributed by atoms with van der Waals surface area (Å²) in [4.78, 5) is 11.6. The van der Waals surface area contributed by atoms with E-state index in [2.05, 4.69) is 6.08 Å². The van der Waals surface area contributed by atoms with Crippen LogP contribution in [0, 0.1) is 17.8 Å². The number of carbonyl (C=O) groups excluding carboxylic acids is 1. The van der Waals surface area contributed by atoms with E-state index in [0.717, 1.165) is 11.9 Å². The van der Waals surface area contributed by atoms with E-state index in [1.165, 1.54) is 0 Å². The number of hydrogen-bond acceptors (Lipinski definition) is 4. The van der Waals surface area contributed by atoms with E-state index >= 15 is 0 Å². The molecule has 5 heteroatoms. The molecule has 0 bridgehead atoms. The highest BCUT2D eigenvalue weighted by Gasteiger charge is 2.57. The summed E-state index contributed by atoms with van der Waals surface area (Å²) in [6, 6.07) is 0. The quantitative estimate of drug-likeness (QED) is 0.596. The Kier molecular flexibility index (Phi) is 4.04. The molecule has 111 valence electrons. The molecule has 1 N–H and O–H groups in total. The molecule has 0 aromatic carbocycles. The van der Waals surface area contributed by atoms with Gasteiger partial charge in [0.15, 0.2) is 0 Å². The summed E-state index contributed by atoms with van der Waals surface area (Å²) < 4.78 is 10.8. The highest BCUT2D eigenvalue weighted by Crippen LogP contribution is 2.56. The van der Waals surface area contributed by atoms with Crippen LogP contribution in [0.1, 0.15) is 41.0 Å². The van der Waals surface area contributed by atoms with Crippen molar-refractivity contribution in [2.75, 3.05) is 6.61 Å². The number of ether oxygens (including phenoxy) is 1. The second-order valence-corrected chi connectivity index (χ2v) is 6.77. The molecule has 4 nitrogen and oxygen atoms in total. The molecule has 2 aliphatic rings. The first-order valence-electron chi connectivity index (χ1n) is 7.28. The monoisotopic (exact) mass is 279 g/mol. The number of aliphatic hydroxyl groups is 1. The van der Waals surface area contributed by atoms with Crippen LogP contribution < -0.4 is 0 Å². The van der Waals surface area contributed by atoms with Gasteiger partial charge in [0.2, 0.25) is 0 Å². The number of hydrogen-bond donors (Lipinski definition) is 1. The molecule has 3 atom stereocenters. The summed E-state index contributed by atoms with van der Waals surface area (Å²) in [5.74, 6) is 0.674. The lowest BCUT2D eigenvalue weighted by molar-refractivity contribution is -0.145. The number of carbonyl (C=O) groups is 1. The largest absolute Gasteiger partial charge is 0.466 e. The summed E-state index contributed by atoms with van der Waals surface area (Å²) >= 11 is 0. The smallest absolute Gasteiger partial charge is 0.326 e. The Bertz CT molecular complexity index is 422. The van der Waals surface area contributed by atoms with Crippen molar-refractivity contribution >= 4 is 13.5 Å². The number of esters is 1. The first-order valence-corrected chi connectivity index (χ1v) is 7.28. The lowest BCUT2D eigenvalue weighted by Gasteiger charge is -2.37. The normalized spacial score (nSPS) is 28.7. The zero-order valence-electron chi connectivity index (χ0n) is 13.0. The third kappa shape index (κ3) is 2.94. The van der Waals surface area contributed by atoms with Gasteiger partial charge in [0.25, 0.3) is 0 Å². The molecule has 1 radical (unpaired) electrons. The molecule has 0 spiro atoms. The highest BCUT2D eigenvalue weighted by atomic mass is 16.5. The van der Waals surface area contributed by atoms with E-state index in [1.54, 1.807) is 21.3 Å². The van der Waals surface area contributed by atoms with Crippen LogP contribution >= 0.6 is 0 Å². The van der Waals surface area contributed by atoms with Gasteiger partial charge in [-0.2, -0.15) is 0 Å². The second kappa shape index (κ2) is 5.19. The zero-order valence-corrected chi connectivity index (χ0v) is 13.0. The molecule has 0 aliphatic heterocycles. The Morgan fingerprint density at radius 2 is 2.10 bits per heavy atom. The van der Waals surface area contributed by atoms with Gasteiger partial charge in [-0.25, -0.2) is 0 Å². The molecule has 0 aromatic rings. The third-order valence-corrected chi connectivity index (χ3v) is 4.64. The van der Waals surface area contributed by atoms with Crippen molar-refractivity contribution in [1.82, 2.24) is 0 Å². The van der Waals surface area contributed by atoms with Crippen molar-refractivity contribution < 1.29 is 19.3 Å². The standard InChI is InChI=1S/C15H24BO4/c1-6-19-13(17)12-10-7-9(8-11(10)12)16-20-15(4,5)14(2,3)18/h7,10-12,18H,6,8H2,1-5H3. The number of rotatable bonds is 6. The van der Waals surface area contributed by atoms with Crippen molar-refractivity contribution in [3.63, 3.8) is 0 Å². The first kappa shape index (κ1) is 15.6. The van der Waals surface area contributed by atoms with Gasteiger partial charge in [0, 0.05) is 0 Å². The van der Waals surface area contributed by atoms with Gasteiger partial charge in [-0.15, -0.1) is 0 Å². The van der Waals surface area contributed by atoms with Gasteiger partial charge in [-0.3, -0.25) is 4.79 Å². The molecule has 1 saturated carbocycles. The van der Waals surface area contributed by atoms with E-state index in [-0.39, 0.29) is 11.9 Å². The summed E-state index contributed by atoms with van der Waals surface area (Å²) in [6.45, 7) is 9.47. The van der Waals surface area contributed by atoms with Gasteiger partial charge < -0.3 is 14.5 Å². The maximum atomic E-state index is 11.6. The SMILES string of the molecule is CCOC(=O)C1C2C=C([B]OC(C)(C)C(C)(C)O)CC21. The fourth-order valence-electron chi connectivity index (χ4n) is 2.50. The average Bonchev–Trinajstić information content (AvgIpc) is 2.82. The molecule has 2 aliphatic carbocycles. The van der Waals surface area contributed by atoms with E-state index in [1.807, 2.05) is 20.8 Å². The summed E-state index contributed by atoms with van der Waals surface area (Å²) in [7, 11) is 1.73. The molecule has 0 amide bonds. The fraction of sp³-hybridized carbons (Fsp3) is 0.800. The minimum Gasteiger partial charge on any atom is -0.466 e. The molecule has 0 aromatic heterocycles. The number of fused-ring (bicyclic) bond motifs is 1. The molecule has 2 rings (SSSR count). The first-order chi connectivity index (χ1) is 9.17. The molecule has 0 saturated heterocycles. The van der Waals surface area contributed by atoms with Crippen LogP contribution in [0.4, 0.5) is 0 Å². The number of allylic oxidation sites excluding steroid dienone is 2. The van der Waals surface area contributed by atoms with Crippen LogP contribution in [0.3, 0.4) is 0 Å². The lowest BCUT2D eigenvalue weighted by atomic mass is 9.80. The predicted octanol–water partition coefficient (Wildman–Crippen LogP) is 1.88. The van der Waals surface area contributed by atoms with Gasteiger partial charge in [0.05, 0.1) is 23.7 Å². The van der Waals surface area contributed by atoms with Crippen molar-refractivity contribution in [2.24, 2.45) is 17.8 Å². The van der Waals surface area contributed by atoms with Crippen molar-refractivity contribution in [3.05, 3.63) is 11.5 Å². The van der Waals surface area contributed by atoms with E-state index in [9.17, 15) is 9.90 Å². The molecule has 1 fully saturated rings. The predicted molar refractivity (Wildman–Crippen MR) is 77.0 cm³/mol. The maximum Gasteiger partial charge on any atom is 0.326 e. The minimum absolute atomic E-state index is 0.0504. The van der Waals surface area contributed by atoms with Gasteiger partial charge in [-0.05, 0) is 52.9 Å². The maximum absolute atomic E-state index is 11.6. The second-order valence-electron chi connectivity index (χ2n) is 6.77. The average molecular weight is 279 g/mol. The highest BCUT2D eigenvalue weighted by molar-refractivity contribution is 6.38. The Labute approximate surface area is 121 Å². The van der Waals surface area contributed by atoms with E-state index < -0.39 is 11.2 Å². The van der Waals surface area contributed by atoms with Crippen molar-refractivity contribution in [1.29, 1.82) is 0 Å². The Hall–Kier alpha value is -0.805. The minimum atomic E-state index is -0.918. The van der Waals surface area contributed by atoms with Crippen LogP contribution in [0.5, 0.6) is 0 Å². The van der Waals surface area contributed by atoms with Crippen molar-refractivity contribution in [2.45, 2.75) is 52.2 Å². The fourth-order valence-corrected chi connectivity index (χ4v) is 2.50. The van der Waals surface area contributed by atoms with Crippen LogP contribution in [-0.4, -0.2) is 36.4 Å². The van der Waals surface area contributed by atoms with Crippen molar-refractivity contribution in [3.8, 4) is 0 Å². The van der Waals surface area contributed by atoms with Crippen LogP contribution in [0.15, 0.2) is 11.5 Å². The Morgan fingerprint density at radius 1 is 1.45 bits per heavy atom. The molecule has 20 heavy (non-hydrogen) atoms. The van der Waals surface area contributed by atoms with Gasteiger partial charge in [0.1, 0.15) is 0 Å². The van der Waals surface area contributed by atoms with Crippen LogP contribution in [0.2, 0.25) is 0 Å². The molecular formula is C15H24BO4. The molecule has 3 unspecified atom stereocenters. The topological polar surface area (TPSA) is 55.8 Å². The molecule has 0 heterocycles. The summed E-state index contributed by atoms with van der Waals surface area (Å²) in [5.41, 5.74) is -0.460. The van der Waals surface area contributed by atoms with E-state index in [0.29, 0.717) is 18.4 Å². The Balaban J connectivity index is 1.83. The summed E-state index contributed by atoms with van der Waals surface area (Å²) in [6.07, 6.45) is 2.96. The van der Waals surface area contributed by atoms with Gasteiger partial charge in [-0.1, -0.05) is 11.5 Å². The van der Waals surface area contributed by atoms with Crippen LogP contribution in [-0.2, 0) is 14.2 Å². The zero-order chi connectivity index (χ0) is 15.1. The van der Waals surface area contributed by atoms with Gasteiger partial charge >= 0.3 is 13.5 Å². The van der Waals surface area contributed by atoms with Crippen LogP contribution in [0.25, 0.3) is 0 Å². The Morgan fingerprint density at radius 3 is 2.55 bits per heavy atom. The molecular weight excluding hydrogens is 255 g/mol. The summed E-state index contributed by atoms with van der Waals surface area (Å²) in [5, 5.41) is 10.0. The lowest BCUT2D eigenvalue weighted by Crippen LogP contribution is -2.48. The van der Waals surface area contributed by atoms with E-state index in [4.69, 9.17) is 9.39 Å². The third-order valence-electron chi connectivity index (χ3n) is 4.64.